The third-order valence-electron chi connectivity index (χ3n) is 5.12. The molecule has 1 atom stereocenters. The number of nitrogens with zero attached hydrogens (tertiary/aromatic N) is 1. The molecule has 5 heteroatoms. The topological polar surface area (TPSA) is 22.0 Å². The highest BCUT2D eigenvalue weighted by Crippen LogP contribution is 2.39. The van der Waals surface area contributed by atoms with E-state index in [1.165, 1.54) is 5.56 Å². The van der Waals surface area contributed by atoms with Crippen LogP contribution in [0.1, 0.15) is 66.2 Å². The van der Waals surface area contributed by atoms with Crippen LogP contribution in [0.25, 0.3) is 10.9 Å². The minimum atomic E-state index is -0.0802. The van der Waals surface area contributed by atoms with E-state index in [1.54, 1.807) is 18.2 Å². The van der Waals surface area contributed by atoms with Crippen LogP contribution in [0.2, 0.25) is 10.0 Å². The summed E-state index contributed by atoms with van der Waals surface area (Å²) in [5, 5.41) is 1.91. The zero-order valence-electron chi connectivity index (χ0n) is 16.8. The second-order valence-corrected chi connectivity index (χ2v) is 9.59. The summed E-state index contributed by atoms with van der Waals surface area (Å²) in [5.74, 6) is 1.28. The molecule has 3 rings (SSSR count). The molecular formula is C23H25Cl2NOS. The van der Waals surface area contributed by atoms with E-state index >= 15 is 0 Å². The van der Waals surface area contributed by atoms with E-state index in [2.05, 4.69) is 38.3 Å². The van der Waals surface area contributed by atoms with Gasteiger partial charge in [0.1, 0.15) is 0 Å². The molecule has 1 unspecified atom stereocenters. The third kappa shape index (κ3) is 3.60. The van der Waals surface area contributed by atoms with Crippen LogP contribution in [-0.4, -0.2) is 16.1 Å². The number of benzene rings is 2. The van der Waals surface area contributed by atoms with Gasteiger partial charge in [0.05, 0.1) is 26.5 Å². The Hall–Kier alpha value is -1.42. The quantitative estimate of drug-likeness (QED) is 0.368. The lowest BCUT2D eigenvalue weighted by Gasteiger charge is -2.19. The Balaban J connectivity index is 2.35. The molecule has 28 heavy (non-hydrogen) atoms. The molecule has 0 fully saturated rings. The Labute approximate surface area is 181 Å². The molecular weight excluding hydrogens is 409 g/mol. The van der Waals surface area contributed by atoms with Gasteiger partial charge < -0.3 is 4.57 Å². The number of aromatic nitrogens is 1. The van der Waals surface area contributed by atoms with Crippen molar-refractivity contribution in [3.8, 4) is 0 Å². The van der Waals surface area contributed by atoms with Crippen LogP contribution in [0.5, 0.6) is 0 Å². The van der Waals surface area contributed by atoms with Gasteiger partial charge in [-0.05, 0) is 43.2 Å². The molecule has 0 spiro atoms. The zero-order chi connectivity index (χ0) is 20.6. The smallest absolute Gasteiger partial charge is 0.197 e. The first-order chi connectivity index (χ1) is 13.3. The highest BCUT2D eigenvalue weighted by Gasteiger charge is 2.26. The number of para-hydroxylation sites is 1. The Morgan fingerprint density at radius 1 is 1.11 bits per heavy atom. The molecule has 0 saturated heterocycles. The van der Waals surface area contributed by atoms with Crippen LogP contribution in [0.15, 0.2) is 36.4 Å². The van der Waals surface area contributed by atoms with E-state index in [-0.39, 0.29) is 11.2 Å². The molecule has 0 radical (unpaired) electrons. The van der Waals surface area contributed by atoms with E-state index in [0.29, 0.717) is 27.1 Å². The largest absolute Gasteiger partial charge is 0.332 e. The SMILES string of the molecule is CCSC(C)n1c(C)c(C(=O)c2cccc(Cl)c2Cl)c2cccc(C(C)C)c21. The normalized spacial score (nSPS) is 12.7. The minimum absolute atomic E-state index is 0.0802. The van der Waals surface area contributed by atoms with Gasteiger partial charge in [-0.3, -0.25) is 4.79 Å². The van der Waals surface area contributed by atoms with Gasteiger partial charge in [-0.2, -0.15) is 0 Å². The molecule has 148 valence electrons. The highest BCUT2D eigenvalue weighted by molar-refractivity contribution is 7.99. The van der Waals surface area contributed by atoms with Gasteiger partial charge in [0.2, 0.25) is 0 Å². The van der Waals surface area contributed by atoms with E-state index in [1.807, 2.05) is 30.8 Å². The molecule has 0 aliphatic heterocycles. The van der Waals surface area contributed by atoms with Gasteiger partial charge in [0.15, 0.2) is 5.78 Å². The van der Waals surface area contributed by atoms with Crippen molar-refractivity contribution in [3.63, 3.8) is 0 Å². The van der Waals surface area contributed by atoms with E-state index in [9.17, 15) is 4.79 Å². The molecule has 0 aliphatic carbocycles. The first kappa shape index (κ1) is 21.3. The Kier molecular flexibility index (Phi) is 6.48. The fraction of sp³-hybridized carbons (Fsp3) is 0.348. The van der Waals surface area contributed by atoms with Crippen LogP contribution >= 0.6 is 35.0 Å². The number of rotatable bonds is 6. The zero-order valence-corrected chi connectivity index (χ0v) is 19.2. The molecule has 0 bridgehead atoms. The summed E-state index contributed by atoms with van der Waals surface area (Å²) >= 11 is 14.4. The van der Waals surface area contributed by atoms with Crippen molar-refractivity contribution in [1.82, 2.24) is 4.57 Å². The lowest BCUT2D eigenvalue weighted by atomic mass is 9.96. The maximum Gasteiger partial charge on any atom is 0.197 e. The van der Waals surface area contributed by atoms with Crippen molar-refractivity contribution in [2.45, 2.75) is 45.9 Å². The fourth-order valence-corrected chi connectivity index (χ4v) is 5.13. The number of ketones is 1. The molecule has 2 aromatic carbocycles. The number of carbonyl (C=O) groups is 1. The molecule has 1 heterocycles. The van der Waals surface area contributed by atoms with Crippen molar-refractivity contribution >= 4 is 51.6 Å². The second-order valence-electron chi connectivity index (χ2n) is 7.21. The summed E-state index contributed by atoms with van der Waals surface area (Å²) in [6.45, 7) is 10.8. The molecule has 2 nitrogen and oxygen atoms in total. The van der Waals surface area contributed by atoms with E-state index in [0.717, 1.165) is 22.3 Å². The van der Waals surface area contributed by atoms with Gasteiger partial charge in [0, 0.05) is 16.6 Å². The molecule has 3 aromatic rings. The predicted molar refractivity (Wildman–Crippen MR) is 124 cm³/mol. The number of carbonyl (C=O) groups excluding carboxylic acids is 1. The average molecular weight is 434 g/mol. The predicted octanol–water partition coefficient (Wildman–Crippen LogP) is 7.88. The van der Waals surface area contributed by atoms with Crippen LogP contribution < -0.4 is 0 Å². The lowest BCUT2D eigenvalue weighted by Crippen LogP contribution is -2.08. The number of hydrogen-bond acceptors (Lipinski definition) is 2. The van der Waals surface area contributed by atoms with Gasteiger partial charge in [0.25, 0.3) is 0 Å². The standard InChI is InChI=1S/C23H25Cl2NOS/c1-6-28-15(5)26-14(4)20(17-10-7-9-16(13(2)3)22(17)26)23(27)18-11-8-12-19(24)21(18)25/h7-13,15H,6H2,1-5H3. The summed E-state index contributed by atoms with van der Waals surface area (Å²) in [7, 11) is 0. The first-order valence-corrected chi connectivity index (χ1v) is 11.3. The van der Waals surface area contributed by atoms with Gasteiger partial charge >= 0.3 is 0 Å². The number of hydrogen-bond donors (Lipinski definition) is 0. The Morgan fingerprint density at radius 3 is 2.43 bits per heavy atom. The van der Waals surface area contributed by atoms with Crippen LogP contribution in [-0.2, 0) is 0 Å². The van der Waals surface area contributed by atoms with E-state index in [4.69, 9.17) is 23.2 Å². The number of halogens is 2. The Bertz CT molecular complexity index is 1040. The lowest BCUT2D eigenvalue weighted by molar-refractivity contribution is 0.103. The van der Waals surface area contributed by atoms with E-state index < -0.39 is 0 Å². The van der Waals surface area contributed by atoms with Crippen molar-refractivity contribution in [2.75, 3.05) is 5.75 Å². The monoisotopic (exact) mass is 433 g/mol. The summed E-state index contributed by atoms with van der Waals surface area (Å²) in [5.41, 5.74) is 4.52. The van der Waals surface area contributed by atoms with Gasteiger partial charge in [-0.15, -0.1) is 11.8 Å². The van der Waals surface area contributed by atoms with Crippen molar-refractivity contribution in [3.05, 3.63) is 68.8 Å². The minimum Gasteiger partial charge on any atom is -0.332 e. The maximum absolute atomic E-state index is 13.6. The molecule has 0 amide bonds. The van der Waals surface area contributed by atoms with Crippen molar-refractivity contribution < 1.29 is 4.79 Å². The van der Waals surface area contributed by atoms with Crippen LogP contribution in [0, 0.1) is 6.92 Å². The number of thioether (sulfide) groups is 1. The van der Waals surface area contributed by atoms with Crippen molar-refractivity contribution in [1.29, 1.82) is 0 Å². The maximum atomic E-state index is 13.6. The molecule has 1 aromatic heterocycles. The second kappa shape index (κ2) is 8.52. The highest BCUT2D eigenvalue weighted by atomic mass is 35.5. The first-order valence-electron chi connectivity index (χ1n) is 9.53. The molecule has 0 N–H and O–H groups in total. The summed E-state index contributed by atoms with van der Waals surface area (Å²) in [6, 6.07) is 11.5. The van der Waals surface area contributed by atoms with Crippen LogP contribution in [0.4, 0.5) is 0 Å². The fourth-order valence-electron chi connectivity index (χ4n) is 3.85. The number of fused-ring (bicyclic) bond motifs is 1. The average Bonchev–Trinajstić information content (AvgIpc) is 2.95. The molecule has 0 saturated carbocycles. The van der Waals surface area contributed by atoms with Gasteiger partial charge in [-0.1, -0.05) is 68.2 Å². The summed E-state index contributed by atoms with van der Waals surface area (Å²) in [6.07, 6.45) is 0. The summed E-state index contributed by atoms with van der Waals surface area (Å²) < 4.78 is 2.31. The van der Waals surface area contributed by atoms with Crippen molar-refractivity contribution in [2.24, 2.45) is 0 Å². The van der Waals surface area contributed by atoms with Gasteiger partial charge in [-0.25, -0.2) is 0 Å². The van der Waals surface area contributed by atoms with Crippen LogP contribution in [0.3, 0.4) is 0 Å². The molecule has 0 aliphatic rings. The summed E-state index contributed by atoms with van der Waals surface area (Å²) in [4.78, 5) is 13.6. The third-order valence-corrected chi connectivity index (χ3v) is 6.96. The Morgan fingerprint density at radius 2 is 1.79 bits per heavy atom.